The second-order valence-electron chi connectivity index (χ2n) is 6.42. The molecule has 0 saturated carbocycles. The molecule has 4 rings (SSSR count). The van der Waals surface area contributed by atoms with Crippen LogP contribution in [0.25, 0.3) is 16.6 Å². The highest BCUT2D eigenvalue weighted by Crippen LogP contribution is 2.29. The van der Waals surface area contributed by atoms with E-state index >= 15 is 0 Å². The van der Waals surface area contributed by atoms with E-state index in [4.69, 9.17) is 23.2 Å². The second kappa shape index (κ2) is 7.70. The van der Waals surface area contributed by atoms with Gasteiger partial charge in [-0.25, -0.2) is 9.55 Å². The fraction of sp³-hybridized carbons (Fsp3) is 0.0455. The van der Waals surface area contributed by atoms with Crippen molar-refractivity contribution in [3.8, 4) is 11.7 Å². The predicted molar refractivity (Wildman–Crippen MR) is 117 cm³/mol. The smallest absolute Gasteiger partial charge is 0.267 e. The number of fused-ring (bicyclic) bond motifs is 1. The predicted octanol–water partition coefficient (Wildman–Crippen LogP) is 5.46. The summed E-state index contributed by atoms with van der Waals surface area (Å²) in [5.74, 6) is 0.0954. The molecule has 2 heterocycles. The molecule has 4 aromatic rings. The first-order chi connectivity index (χ1) is 14.0. The highest BCUT2D eigenvalue weighted by atomic mass is 35.5. The van der Waals surface area contributed by atoms with Crippen LogP contribution in [-0.4, -0.2) is 20.9 Å². The third-order valence-corrected chi connectivity index (χ3v) is 5.19. The maximum Gasteiger partial charge on any atom is 0.267 e. The molecule has 0 bridgehead atoms. The average Bonchev–Trinajstić information content (AvgIpc) is 2.71. The van der Waals surface area contributed by atoms with Crippen LogP contribution in [0.1, 0.15) is 11.3 Å². The van der Waals surface area contributed by atoms with Gasteiger partial charge in [-0.1, -0.05) is 47.5 Å². The minimum absolute atomic E-state index is 0.240. The van der Waals surface area contributed by atoms with E-state index in [9.17, 15) is 9.90 Å². The number of aliphatic imine (C=N–C) groups is 1. The molecule has 144 valence electrons. The van der Waals surface area contributed by atoms with Crippen molar-refractivity contribution in [3.63, 3.8) is 0 Å². The van der Waals surface area contributed by atoms with Crippen LogP contribution in [0, 0.1) is 6.92 Å². The number of rotatable bonds is 3. The molecule has 0 atom stereocenters. The van der Waals surface area contributed by atoms with Gasteiger partial charge in [-0.3, -0.25) is 9.79 Å². The molecule has 0 aliphatic heterocycles. The minimum Gasteiger partial charge on any atom is -0.494 e. The van der Waals surface area contributed by atoms with Gasteiger partial charge in [0.25, 0.3) is 5.56 Å². The van der Waals surface area contributed by atoms with Gasteiger partial charge in [0, 0.05) is 22.7 Å². The molecule has 0 saturated heterocycles. The fourth-order valence-corrected chi connectivity index (χ4v) is 3.35. The molecule has 29 heavy (non-hydrogen) atoms. The summed E-state index contributed by atoms with van der Waals surface area (Å²) in [6.45, 7) is 1.82. The molecule has 0 radical (unpaired) electrons. The molecule has 5 nitrogen and oxygen atoms in total. The lowest BCUT2D eigenvalue weighted by Crippen LogP contribution is -2.21. The van der Waals surface area contributed by atoms with Gasteiger partial charge in [0.2, 0.25) is 5.88 Å². The molecular weight excluding hydrogens is 409 g/mol. The molecule has 0 spiro atoms. The Morgan fingerprint density at radius 3 is 2.48 bits per heavy atom. The van der Waals surface area contributed by atoms with Crippen LogP contribution >= 0.6 is 23.2 Å². The monoisotopic (exact) mass is 423 g/mol. The first-order valence-corrected chi connectivity index (χ1v) is 9.51. The lowest BCUT2D eigenvalue weighted by Gasteiger charge is -2.13. The number of nitrogens with zero attached hydrogens (tertiary/aromatic N) is 3. The standard InChI is InChI=1S/C22H15Cl2N3O2/c1-13-5-4-8-20(26-13)27-21(28)16-7-3-2-6-15(16)17(22(27)29)12-25-14-9-10-18(23)19(24)11-14/h2-12,29H,1H3. The van der Waals surface area contributed by atoms with Gasteiger partial charge < -0.3 is 5.11 Å². The van der Waals surface area contributed by atoms with Crippen molar-refractivity contribution >= 4 is 45.9 Å². The van der Waals surface area contributed by atoms with Crippen molar-refractivity contribution in [2.75, 3.05) is 0 Å². The number of aromatic hydroxyl groups is 1. The minimum atomic E-state index is -0.358. The Morgan fingerprint density at radius 2 is 1.76 bits per heavy atom. The molecule has 1 N–H and O–H groups in total. The van der Waals surface area contributed by atoms with Gasteiger partial charge in [-0.15, -0.1) is 0 Å². The van der Waals surface area contributed by atoms with Crippen LogP contribution in [0.4, 0.5) is 5.69 Å². The zero-order valence-corrected chi connectivity index (χ0v) is 16.8. The quantitative estimate of drug-likeness (QED) is 0.445. The van der Waals surface area contributed by atoms with Crippen LogP contribution in [-0.2, 0) is 0 Å². The van der Waals surface area contributed by atoms with Gasteiger partial charge >= 0.3 is 0 Å². The Hall–Kier alpha value is -3.15. The lowest BCUT2D eigenvalue weighted by atomic mass is 10.1. The van der Waals surface area contributed by atoms with Crippen LogP contribution in [0.15, 0.2) is 70.5 Å². The zero-order valence-electron chi connectivity index (χ0n) is 15.3. The topological polar surface area (TPSA) is 67.5 Å². The van der Waals surface area contributed by atoms with E-state index in [0.29, 0.717) is 37.9 Å². The van der Waals surface area contributed by atoms with E-state index in [1.165, 1.54) is 10.8 Å². The van der Waals surface area contributed by atoms with Crippen molar-refractivity contribution in [1.29, 1.82) is 0 Å². The van der Waals surface area contributed by atoms with Gasteiger partial charge in [0.05, 0.1) is 21.3 Å². The molecule has 2 aromatic heterocycles. The first kappa shape index (κ1) is 19.2. The van der Waals surface area contributed by atoms with Crippen molar-refractivity contribution in [3.05, 3.63) is 92.3 Å². The third-order valence-electron chi connectivity index (χ3n) is 4.45. The molecule has 2 aromatic carbocycles. The third kappa shape index (κ3) is 3.62. The molecule has 0 amide bonds. The van der Waals surface area contributed by atoms with Gasteiger partial charge in [-0.05, 0) is 43.3 Å². The molecule has 0 aliphatic rings. The van der Waals surface area contributed by atoms with Crippen LogP contribution in [0.2, 0.25) is 10.0 Å². The highest BCUT2D eigenvalue weighted by Gasteiger charge is 2.17. The number of hydrogen-bond donors (Lipinski definition) is 1. The highest BCUT2D eigenvalue weighted by molar-refractivity contribution is 6.42. The van der Waals surface area contributed by atoms with E-state index in [-0.39, 0.29) is 11.4 Å². The second-order valence-corrected chi connectivity index (χ2v) is 7.23. The van der Waals surface area contributed by atoms with Crippen molar-refractivity contribution in [2.24, 2.45) is 4.99 Å². The number of benzene rings is 2. The summed E-state index contributed by atoms with van der Waals surface area (Å²) in [6.07, 6.45) is 1.50. The summed E-state index contributed by atoms with van der Waals surface area (Å²) in [7, 11) is 0. The number of hydrogen-bond acceptors (Lipinski definition) is 4. The Morgan fingerprint density at radius 1 is 1.00 bits per heavy atom. The van der Waals surface area contributed by atoms with Gasteiger partial charge in [0.1, 0.15) is 5.82 Å². The summed E-state index contributed by atoms with van der Waals surface area (Å²) in [5, 5.41) is 12.8. The molecule has 7 heteroatoms. The Bertz CT molecular complexity index is 1330. The van der Waals surface area contributed by atoms with E-state index < -0.39 is 0 Å². The van der Waals surface area contributed by atoms with Gasteiger partial charge in [-0.2, -0.15) is 0 Å². The van der Waals surface area contributed by atoms with E-state index in [0.717, 1.165) is 5.69 Å². The Labute approximate surface area is 176 Å². The van der Waals surface area contributed by atoms with Crippen molar-refractivity contribution in [1.82, 2.24) is 9.55 Å². The van der Waals surface area contributed by atoms with Crippen LogP contribution in [0.5, 0.6) is 5.88 Å². The van der Waals surface area contributed by atoms with E-state index in [1.54, 1.807) is 54.6 Å². The Balaban J connectivity index is 1.97. The fourth-order valence-electron chi connectivity index (χ4n) is 3.06. The average molecular weight is 424 g/mol. The number of aryl methyl sites for hydroxylation is 1. The van der Waals surface area contributed by atoms with Crippen molar-refractivity contribution < 1.29 is 5.11 Å². The number of halogens is 2. The first-order valence-electron chi connectivity index (χ1n) is 8.75. The van der Waals surface area contributed by atoms with Crippen LogP contribution in [0.3, 0.4) is 0 Å². The molecule has 0 unspecified atom stereocenters. The normalized spacial score (nSPS) is 11.4. The summed E-state index contributed by atoms with van der Waals surface area (Å²) >= 11 is 12.0. The zero-order chi connectivity index (χ0) is 20.5. The molecule has 0 fully saturated rings. The summed E-state index contributed by atoms with van der Waals surface area (Å²) in [4.78, 5) is 21.8. The van der Waals surface area contributed by atoms with Crippen molar-refractivity contribution in [2.45, 2.75) is 6.92 Å². The maximum atomic E-state index is 13.1. The van der Waals surface area contributed by atoms with Gasteiger partial charge in [0.15, 0.2) is 0 Å². The van der Waals surface area contributed by atoms with E-state index in [1.807, 2.05) is 13.0 Å². The molecular formula is C22H15Cl2N3O2. The summed E-state index contributed by atoms with van der Waals surface area (Å²) in [5.41, 5.74) is 1.33. The largest absolute Gasteiger partial charge is 0.494 e. The number of pyridine rings is 2. The summed E-state index contributed by atoms with van der Waals surface area (Å²) < 4.78 is 1.19. The van der Waals surface area contributed by atoms with Crippen LogP contribution < -0.4 is 5.56 Å². The molecule has 0 aliphatic carbocycles. The Kier molecular flexibility index (Phi) is 5.09. The number of aromatic nitrogens is 2. The summed E-state index contributed by atoms with van der Waals surface area (Å²) in [6, 6.07) is 17.3. The lowest BCUT2D eigenvalue weighted by molar-refractivity contribution is 0.435. The van der Waals surface area contributed by atoms with E-state index in [2.05, 4.69) is 9.98 Å². The SMILES string of the molecule is Cc1cccc(-n2c(O)c(C=Nc3ccc(Cl)c(Cl)c3)c3ccccc3c2=O)n1. The maximum absolute atomic E-state index is 13.1.